The second-order valence-electron chi connectivity index (χ2n) is 5.99. The lowest BCUT2D eigenvalue weighted by Crippen LogP contribution is -2.42. The van der Waals surface area contributed by atoms with Crippen LogP contribution in [0, 0.1) is 5.82 Å². The highest BCUT2D eigenvalue weighted by molar-refractivity contribution is 5.76. The predicted octanol–water partition coefficient (Wildman–Crippen LogP) is 2.80. The molecule has 1 aromatic carbocycles. The molecule has 2 heterocycles. The number of morpholine rings is 1. The number of aryl methyl sites for hydroxylation is 1. The first-order valence-corrected chi connectivity index (χ1v) is 8.45. The van der Waals surface area contributed by atoms with E-state index in [1.54, 1.807) is 23.1 Å². The van der Waals surface area contributed by atoms with E-state index in [2.05, 4.69) is 10.3 Å². The van der Waals surface area contributed by atoms with E-state index >= 15 is 0 Å². The summed E-state index contributed by atoms with van der Waals surface area (Å²) in [7, 11) is 1.81. The summed E-state index contributed by atoms with van der Waals surface area (Å²) in [5.41, 5.74) is 1.38. The maximum absolute atomic E-state index is 13.7. The van der Waals surface area contributed by atoms with Crippen molar-refractivity contribution in [1.82, 2.24) is 9.88 Å². The van der Waals surface area contributed by atoms with Crippen LogP contribution < -0.4 is 5.32 Å². The summed E-state index contributed by atoms with van der Waals surface area (Å²) in [4.78, 5) is 18.8. The second-order valence-corrected chi connectivity index (χ2v) is 5.99. The lowest BCUT2D eigenvalue weighted by atomic mass is 10.1. The van der Waals surface area contributed by atoms with Crippen LogP contribution in [0.5, 0.6) is 0 Å². The minimum atomic E-state index is -0.261. The number of rotatable bonds is 5. The van der Waals surface area contributed by atoms with E-state index in [1.165, 1.54) is 6.07 Å². The van der Waals surface area contributed by atoms with Crippen LogP contribution in [0.15, 0.2) is 42.5 Å². The van der Waals surface area contributed by atoms with E-state index < -0.39 is 0 Å². The minimum absolute atomic E-state index is 0.0151. The molecule has 0 unspecified atom stereocenters. The average molecular weight is 343 g/mol. The molecule has 1 atom stereocenters. The van der Waals surface area contributed by atoms with Crippen LogP contribution in [-0.2, 0) is 16.0 Å². The fourth-order valence-electron chi connectivity index (χ4n) is 2.93. The van der Waals surface area contributed by atoms with Crippen molar-refractivity contribution in [2.45, 2.75) is 18.9 Å². The standard InChI is InChI=1S/C19H22FN3O2/c1-21-18-8-4-7-16(22-18)17-13-23(11-12-25-17)19(24)10-9-14-5-2-3-6-15(14)20/h2-8,17H,9-13H2,1H3,(H,21,22)/t17-/m0/s1. The number of hydrogen-bond donors (Lipinski definition) is 1. The van der Waals surface area contributed by atoms with Gasteiger partial charge in [-0.2, -0.15) is 0 Å². The summed E-state index contributed by atoms with van der Waals surface area (Å²) >= 11 is 0. The summed E-state index contributed by atoms with van der Waals surface area (Å²) in [5.74, 6) is 0.522. The zero-order valence-corrected chi connectivity index (χ0v) is 14.2. The molecule has 1 amide bonds. The smallest absolute Gasteiger partial charge is 0.223 e. The third-order valence-electron chi connectivity index (χ3n) is 4.34. The Morgan fingerprint density at radius 3 is 2.96 bits per heavy atom. The van der Waals surface area contributed by atoms with Gasteiger partial charge < -0.3 is 15.0 Å². The maximum atomic E-state index is 13.7. The van der Waals surface area contributed by atoms with Gasteiger partial charge in [0.1, 0.15) is 17.7 Å². The van der Waals surface area contributed by atoms with Gasteiger partial charge in [-0.1, -0.05) is 24.3 Å². The van der Waals surface area contributed by atoms with Crippen LogP contribution in [0.4, 0.5) is 10.2 Å². The number of ether oxygens (including phenoxy) is 1. The third kappa shape index (κ3) is 4.33. The minimum Gasteiger partial charge on any atom is -0.373 e. The quantitative estimate of drug-likeness (QED) is 0.907. The SMILES string of the molecule is CNc1cccc([C@@H]2CN(C(=O)CCc3ccccc3F)CCO2)n1. The number of carbonyl (C=O) groups is 1. The molecule has 132 valence electrons. The molecule has 2 aromatic rings. The Morgan fingerprint density at radius 1 is 1.32 bits per heavy atom. The van der Waals surface area contributed by atoms with E-state index in [-0.39, 0.29) is 24.2 Å². The number of amides is 1. The molecule has 3 rings (SSSR count). The van der Waals surface area contributed by atoms with Gasteiger partial charge in [0.25, 0.3) is 0 Å². The topological polar surface area (TPSA) is 54.5 Å². The normalized spacial score (nSPS) is 17.4. The molecule has 1 fully saturated rings. The van der Waals surface area contributed by atoms with E-state index in [4.69, 9.17) is 4.74 Å². The molecule has 0 bridgehead atoms. The van der Waals surface area contributed by atoms with Crippen LogP contribution in [0.1, 0.15) is 23.8 Å². The molecule has 0 saturated carbocycles. The van der Waals surface area contributed by atoms with Gasteiger partial charge in [0.05, 0.1) is 18.8 Å². The summed E-state index contributed by atoms with van der Waals surface area (Å²) in [5, 5.41) is 3.00. The van der Waals surface area contributed by atoms with Crippen LogP contribution >= 0.6 is 0 Å². The van der Waals surface area contributed by atoms with Crippen LogP contribution in [0.25, 0.3) is 0 Å². The highest BCUT2D eigenvalue weighted by Crippen LogP contribution is 2.22. The number of nitrogens with zero attached hydrogens (tertiary/aromatic N) is 2. The maximum Gasteiger partial charge on any atom is 0.223 e. The predicted molar refractivity (Wildman–Crippen MR) is 93.8 cm³/mol. The van der Waals surface area contributed by atoms with Crippen LogP contribution in [0.3, 0.4) is 0 Å². The van der Waals surface area contributed by atoms with Gasteiger partial charge in [0.15, 0.2) is 0 Å². The van der Waals surface area contributed by atoms with Gasteiger partial charge in [0.2, 0.25) is 5.91 Å². The number of hydrogen-bond acceptors (Lipinski definition) is 4. The number of benzene rings is 1. The molecule has 6 heteroatoms. The first kappa shape index (κ1) is 17.4. The molecule has 0 spiro atoms. The van der Waals surface area contributed by atoms with Crippen molar-refractivity contribution in [3.05, 3.63) is 59.5 Å². The Bertz CT molecular complexity index is 738. The summed E-state index contributed by atoms with van der Waals surface area (Å²) < 4.78 is 19.5. The molecule has 1 N–H and O–H groups in total. The molecular formula is C19H22FN3O2. The molecule has 1 aliphatic heterocycles. The van der Waals surface area contributed by atoms with Gasteiger partial charge in [0, 0.05) is 20.0 Å². The van der Waals surface area contributed by atoms with Crippen LogP contribution in [0.2, 0.25) is 0 Å². The van der Waals surface area contributed by atoms with Gasteiger partial charge >= 0.3 is 0 Å². The molecular weight excluding hydrogens is 321 g/mol. The molecule has 0 aliphatic carbocycles. The first-order valence-electron chi connectivity index (χ1n) is 8.45. The van der Waals surface area contributed by atoms with Crippen molar-refractivity contribution >= 4 is 11.7 Å². The molecule has 25 heavy (non-hydrogen) atoms. The van der Waals surface area contributed by atoms with Gasteiger partial charge in [-0.3, -0.25) is 4.79 Å². The fraction of sp³-hybridized carbons (Fsp3) is 0.368. The molecule has 1 aliphatic rings. The number of halogens is 1. The van der Waals surface area contributed by atoms with Crippen molar-refractivity contribution in [2.24, 2.45) is 0 Å². The molecule has 5 nitrogen and oxygen atoms in total. The Hall–Kier alpha value is -2.47. The van der Waals surface area contributed by atoms with E-state index in [0.29, 0.717) is 31.7 Å². The average Bonchev–Trinajstić information content (AvgIpc) is 2.67. The number of carbonyl (C=O) groups excluding carboxylic acids is 1. The van der Waals surface area contributed by atoms with Crippen molar-refractivity contribution in [3.63, 3.8) is 0 Å². The highest BCUT2D eigenvalue weighted by atomic mass is 19.1. The van der Waals surface area contributed by atoms with Crippen molar-refractivity contribution in [2.75, 3.05) is 32.1 Å². The molecule has 1 aromatic heterocycles. The van der Waals surface area contributed by atoms with Gasteiger partial charge in [-0.25, -0.2) is 9.37 Å². The van der Waals surface area contributed by atoms with E-state index in [1.807, 2.05) is 25.2 Å². The Kier molecular flexibility index (Phi) is 5.60. The second kappa shape index (κ2) is 8.07. The Balaban J connectivity index is 1.60. The van der Waals surface area contributed by atoms with Crippen molar-refractivity contribution in [1.29, 1.82) is 0 Å². The fourth-order valence-corrected chi connectivity index (χ4v) is 2.93. The first-order chi connectivity index (χ1) is 12.2. The zero-order valence-electron chi connectivity index (χ0n) is 14.2. The molecule has 0 radical (unpaired) electrons. The zero-order chi connectivity index (χ0) is 17.6. The lowest BCUT2D eigenvalue weighted by Gasteiger charge is -2.33. The Morgan fingerprint density at radius 2 is 2.16 bits per heavy atom. The highest BCUT2D eigenvalue weighted by Gasteiger charge is 2.26. The van der Waals surface area contributed by atoms with Crippen LogP contribution in [-0.4, -0.2) is 42.5 Å². The summed E-state index contributed by atoms with van der Waals surface area (Å²) in [6, 6.07) is 12.3. The lowest BCUT2D eigenvalue weighted by molar-refractivity contribution is -0.139. The largest absolute Gasteiger partial charge is 0.373 e. The van der Waals surface area contributed by atoms with Gasteiger partial charge in [-0.15, -0.1) is 0 Å². The number of nitrogens with one attached hydrogen (secondary N) is 1. The summed E-state index contributed by atoms with van der Waals surface area (Å²) in [6.07, 6.45) is 0.457. The van der Waals surface area contributed by atoms with Crippen molar-refractivity contribution < 1.29 is 13.9 Å². The van der Waals surface area contributed by atoms with Crippen molar-refractivity contribution in [3.8, 4) is 0 Å². The van der Waals surface area contributed by atoms with E-state index in [9.17, 15) is 9.18 Å². The summed E-state index contributed by atoms with van der Waals surface area (Å²) in [6.45, 7) is 1.50. The Labute approximate surface area is 146 Å². The number of anilines is 1. The monoisotopic (exact) mass is 343 g/mol. The molecule has 1 saturated heterocycles. The van der Waals surface area contributed by atoms with E-state index in [0.717, 1.165) is 11.5 Å². The van der Waals surface area contributed by atoms with Gasteiger partial charge in [-0.05, 0) is 30.2 Å². The number of pyridine rings is 1. The third-order valence-corrected chi connectivity index (χ3v) is 4.34. The number of aromatic nitrogens is 1.